The molecule has 2 nitrogen and oxygen atoms in total. The first kappa shape index (κ1) is 14.2. The molecule has 0 saturated heterocycles. The number of nitrogens with one attached hydrogen (secondary N) is 1. The molecular formula is C15H15BrClNO. The number of ether oxygens (including phenoxy) is 1. The van der Waals surface area contributed by atoms with Crippen molar-refractivity contribution in [3.8, 4) is 5.75 Å². The van der Waals surface area contributed by atoms with Crippen molar-refractivity contribution in [3.05, 3.63) is 57.5 Å². The summed E-state index contributed by atoms with van der Waals surface area (Å²) in [6.45, 7) is 3.32. The van der Waals surface area contributed by atoms with Crippen molar-refractivity contribution in [1.82, 2.24) is 0 Å². The van der Waals surface area contributed by atoms with Gasteiger partial charge in [-0.1, -0.05) is 33.6 Å². The van der Waals surface area contributed by atoms with Crippen LogP contribution in [0.5, 0.6) is 5.75 Å². The zero-order valence-electron chi connectivity index (χ0n) is 10.6. The summed E-state index contributed by atoms with van der Waals surface area (Å²) in [5.74, 6) is 0.868. The van der Waals surface area contributed by atoms with Gasteiger partial charge < -0.3 is 10.1 Å². The second-order valence-electron chi connectivity index (χ2n) is 4.19. The lowest BCUT2D eigenvalue weighted by atomic mass is 10.2. The minimum absolute atomic E-state index is 0.604. The molecule has 0 heterocycles. The third kappa shape index (κ3) is 4.44. The second kappa shape index (κ2) is 6.83. The van der Waals surface area contributed by atoms with Crippen molar-refractivity contribution in [2.45, 2.75) is 6.92 Å². The van der Waals surface area contributed by atoms with Crippen LogP contribution in [0.3, 0.4) is 0 Å². The molecule has 0 aliphatic carbocycles. The smallest absolute Gasteiger partial charge is 0.119 e. The molecule has 0 amide bonds. The summed E-state index contributed by atoms with van der Waals surface area (Å²) >= 11 is 9.45. The molecule has 1 N–H and O–H groups in total. The van der Waals surface area contributed by atoms with Crippen molar-refractivity contribution in [3.63, 3.8) is 0 Å². The Balaban J connectivity index is 1.77. The van der Waals surface area contributed by atoms with Crippen LogP contribution in [-0.2, 0) is 0 Å². The second-order valence-corrected chi connectivity index (χ2v) is 5.52. The van der Waals surface area contributed by atoms with Crippen LogP contribution in [0.25, 0.3) is 0 Å². The lowest BCUT2D eigenvalue weighted by molar-refractivity contribution is 0.333. The summed E-state index contributed by atoms with van der Waals surface area (Å²) in [5, 5.41) is 4.05. The van der Waals surface area contributed by atoms with Gasteiger partial charge in [0.1, 0.15) is 12.4 Å². The highest BCUT2D eigenvalue weighted by Gasteiger charge is 1.98. The predicted molar refractivity (Wildman–Crippen MR) is 84.3 cm³/mol. The molecule has 0 aromatic heterocycles. The molecule has 0 atom stereocenters. The number of rotatable bonds is 5. The summed E-state index contributed by atoms with van der Waals surface area (Å²) in [6.07, 6.45) is 0. The summed E-state index contributed by atoms with van der Waals surface area (Å²) in [5.41, 5.74) is 2.09. The van der Waals surface area contributed by atoms with Crippen molar-refractivity contribution >= 4 is 33.2 Å². The van der Waals surface area contributed by atoms with E-state index in [2.05, 4.69) is 21.2 Å². The first-order valence-corrected chi connectivity index (χ1v) is 7.20. The van der Waals surface area contributed by atoms with Crippen LogP contribution < -0.4 is 10.1 Å². The molecule has 0 fully saturated rings. The maximum atomic E-state index is 6.06. The average molecular weight is 341 g/mol. The van der Waals surface area contributed by atoms with Gasteiger partial charge in [-0.05, 0) is 48.9 Å². The van der Waals surface area contributed by atoms with Gasteiger partial charge in [0.25, 0.3) is 0 Å². The quantitative estimate of drug-likeness (QED) is 0.782. The van der Waals surface area contributed by atoms with Gasteiger partial charge in [0, 0.05) is 21.7 Å². The van der Waals surface area contributed by atoms with Gasteiger partial charge in [0.2, 0.25) is 0 Å². The number of halogens is 2. The maximum absolute atomic E-state index is 6.06. The fourth-order valence-electron chi connectivity index (χ4n) is 1.60. The predicted octanol–water partition coefficient (Wildman–Crippen LogP) is 4.90. The van der Waals surface area contributed by atoms with Crippen LogP contribution in [0.1, 0.15) is 5.56 Å². The molecule has 2 aromatic carbocycles. The van der Waals surface area contributed by atoms with Crippen LogP contribution in [-0.4, -0.2) is 13.2 Å². The Morgan fingerprint density at radius 2 is 1.89 bits per heavy atom. The van der Waals surface area contributed by atoms with Crippen molar-refractivity contribution in [2.24, 2.45) is 0 Å². The third-order valence-corrected chi connectivity index (χ3v) is 3.62. The lowest BCUT2D eigenvalue weighted by Crippen LogP contribution is -2.11. The van der Waals surface area contributed by atoms with E-state index in [1.54, 1.807) is 0 Å². The van der Waals surface area contributed by atoms with E-state index in [9.17, 15) is 0 Å². The van der Waals surface area contributed by atoms with E-state index in [1.807, 2.05) is 49.4 Å². The molecule has 2 aromatic rings. The largest absolute Gasteiger partial charge is 0.492 e. The Labute approximate surface area is 126 Å². The molecule has 19 heavy (non-hydrogen) atoms. The van der Waals surface area contributed by atoms with E-state index < -0.39 is 0 Å². The number of aryl methyl sites for hydroxylation is 1. The highest BCUT2D eigenvalue weighted by Crippen LogP contribution is 2.20. The van der Waals surface area contributed by atoms with Gasteiger partial charge in [0.15, 0.2) is 0 Å². The molecule has 0 spiro atoms. The van der Waals surface area contributed by atoms with Crippen LogP contribution in [0.2, 0.25) is 5.02 Å². The fourth-order valence-corrected chi connectivity index (χ4v) is 2.04. The molecule has 0 radical (unpaired) electrons. The van der Waals surface area contributed by atoms with Crippen LogP contribution >= 0.6 is 27.5 Å². The monoisotopic (exact) mass is 339 g/mol. The maximum Gasteiger partial charge on any atom is 0.119 e. The molecular weight excluding hydrogens is 326 g/mol. The summed E-state index contributed by atoms with van der Waals surface area (Å²) in [7, 11) is 0. The Morgan fingerprint density at radius 3 is 2.58 bits per heavy atom. The first-order valence-electron chi connectivity index (χ1n) is 6.03. The Bertz CT molecular complexity index is 542. The summed E-state index contributed by atoms with van der Waals surface area (Å²) in [4.78, 5) is 0. The van der Waals surface area contributed by atoms with E-state index in [-0.39, 0.29) is 0 Å². The number of hydrogen-bond donors (Lipinski definition) is 1. The van der Waals surface area contributed by atoms with Gasteiger partial charge in [-0.2, -0.15) is 0 Å². The zero-order chi connectivity index (χ0) is 13.7. The molecule has 0 aliphatic heterocycles. The first-order chi connectivity index (χ1) is 9.15. The highest BCUT2D eigenvalue weighted by atomic mass is 79.9. The van der Waals surface area contributed by atoms with Gasteiger partial charge in [0.05, 0.1) is 0 Å². The molecule has 0 unspecified atom stereocenters. The van der Waals surface area contributed by atoms with Crippen LogP contribution in [0, 0.1) is 6.92 Å². The number of hydrogen-bond acceptors (Lipinski definition) is 2. The normalized spacial score (nSPS) is 10.3. The van der Waals surface area contributed by atoms with E-state index >= 15 is 0 Å². The van der Waals surface area contributed by atoms with Crippen LogP contribution in [0.4, 0.5) is 5.69 Å². The van der Waals surface area contributed by atoms with Gasteiger partial charge in [-0.25, -0.2) is 0 Å². The number of benzene rings is 2. The van der Waals surface area contributed by atoms with Crippen LogP contribution in [0.15, 0.2) is 46.9 Å². The standard InChI is InChI=1S/C15H15BrClNO/c1-11-2-5-13(10-15(11)17)18-8-9-19-14-6-3-12(16)4-7-14/h2-7,10,18H,8-9H2,1H3. The topological polar surface area (TPSA) is 21.3 Å². The molecule has 100 valence electrons. The third-order valence-electron chi connectivity index (χ3n) is 2.69. The summed E-state index contributed by atoms with van der Waals surface area (Å²) in [6, 6.07) is 13.7. The van der Waals surface area contributed by atoms with Gasteiger partial charge in [-0.3, -0.25) is 0 Å². The van der Waals surface area contributed by atoms with Gasteiger partial charge in [-0.15, -0.1) is 0 Å². The number of anilines is 1. The van der Waals surface area contributed by atoms with E-state index in [0.717, 1.165) is 33.0 Å². The molecule has 4 heteroatoms. The Morgan fingerprint density at radius 1 is 1.16 bits per heavy atom. The summed E-state index contributed by atoms with van der Waals surface area (Å²) < 4.78 is 6.67. The molecule has 0 aliphatic rings. The van der Waals surface area contributed by atoms with Crippen molar-refractivity contribution in [1.29, 1.82) is 0 Å². The minimum atomic E-state index is 0.604. The van der Waals surface area contributed by atoms with Crippen molar-refractivity contribution in [2.75, 3.05) is 18.5 Å². The lowest BCUT2D eigenvalue weighted by Gasteiger charge is -2.09. The van der Waals surface area contributed by atoms with E-state index in [1.165, 1.54) is 0 Å². The minimum Gasteiger partial charge on any atom is -0.492 e. The highest BCUT2D eigenvalue weighted by molar-refractivity contribution is 9.10. The Hall–Kier alpha value is -1.19. The SMILES string of the molecule is Cc1ccc(NCCOc2ccc(Br)cc2)cc1Cl. The van der Waals surface area contributed by atoms with E-state index in [4.69, 9.17) is 16.3 Å². The Kier molecular flexibility index (Phi) is 5.11. The molecule has 0 bridgehead atoms. The van der Waals surface area contributed by atoms with Crippen molar-refractivity contribution < 1.29 is 4.74 Å². The zero-order valence-corrected chi connectivity index (χ0v) is 13.0. The fraction of sp³-hybridized carbons (Fsp3) is 0.200. The van der Waals surface area contributed by atoms with Gasteiger partial charge >= 0.3 is 0 Å². The average Bonchev–Trinajstić information content (AvgIpc) is 2.41. The molecule has 0 saturated carbocycles. The van der Waals surface area contributed by atoms with E-state index in [0.29, 0.717) is 6.61 Å². The molecule has 2 rings (SSSR count).